The first-order valence-corrected chi connectivity index (χ1v) is 9.13. The molecule has 1 atom stereocenters. The van der Waals surface area contributed by atoms with E-state index in [0.717, 1.165) is 44.0 Å². The Hall–Kier alpha value is -2.43. The van der Waals surface area contributed by atoms with Crippen LogP contribution >= 0.6 is 0 Å². The fourth-order valence-corrected chi connectivity index (χ4v) is 3.83. The van der Waals surface area contributed by atoms with Crippen LogP contribution in [0.4, 0.5) is 11.6 Å². The highest BCUT2D eigenvalue weighted by Gasteiger charge is 2.32. The maximum atomic E-state index is 13.1. The Labute approximate surface area is 148 Å². The predicted octanol–water partition coefficient (Wildman–Crippen LogP) is 3.30. The lowest BCUT2D eigenvalue weighted by Crippen LogP contribution is -2.37. The lowest BCUT2D eigenvalue weighted by atomic mass is 10.00. The Balaban J connectivity index is 1.60. The molecule has 1 saturated heterocycles. The Bertz CT molecular complexity index is 783. The lowest BCUT2D eigenvalue weighted by Gasteiger charge is -2.30. The van der Waals surface area contributed by atoms with Crippen LogP contribution in [0, 0.1) is 5.92 Å². The van der Waals surface area contributed by atoms with Crippen molar-refractivity contribution in [2.45, 2.75) is 39.2 Å². The molecule has 130 valence electrons. The lowest BCUT2D eigenvalue weighted by molar-refractivity contribution is 0.0976. The number of hydrogen-bond donors (Lipinski definition) is 0. The molecule has 0 spiro atoms. The molecule has 0 radical (unpaired) electrons. The Kier molecular flexibility index (Phi) is 4.15. The summed E-state index contributed by atoms with van der Waals surface area (Å²) < 4.78 is 0. The van der Waals surface area contributed by atoms with E-state index in [1.165, 1.54) is 5.56 Å². The van der Waals surface area contributed by atoms with Crippen molar-refractivity contribution < 1.29 is 4.79 Å². The Morgan fingerprint density at radius 2 is 1.88 bits per heavy atom. The maximum Gasteiger partial charge on any atom is 0.277 e. The van der Waals surface area contributed by atoms with E-state index in [1.807, 2.05) is 23.1 Å². The van der Waals surface area contributed by atoms with Gasteiger partial charge in [-0.3, -0.25) is 4.79 Å². The number of carbonyl (C=O) groups is 1. The van der Waals surface area contributed by atoms with Crippen LogP contribution < -0.4 is 9.80 Å². The van der Waals surface area contributed by atoms with Gasteiger partial charge in [-0.25, -0.2) is 9.97 Å². The van der Waals surface area contributed by atoms with Gasteiger partial charge in [-0.05, 0) is 49.8 Å². The van der Waals surface area contributed by atoms with Crippen LogP contribution in [-0.2, 0) is 6.42 Å². The number of piperidine rings is 1. The second-order valence-electron chi connectivity index (χ2n) is 7.27. The van der Waals surface area contributed by atoms with Crippen molar-refractivity contribution in [3.05, 3.63) is 47.8 Å². The van der Waals surface area contributed by atoms with Gasteiger partial charge in [0.2, 0.25) is 5.95 Å². The summed E-state index contributed by atoms with van der Waals surface area (Å²) in [6.45, 7) is 6.29. The highest BCUT2D eigenvalue weighted by Crippen LogP contribution is 2.33. The smallest absolute Gasteiger partial charge is 0.277 e. The minimum absolute atomic E-state index is 0.0357. The molecular weight excluding hydrogens is 312 g/mol. The minimum Gasteiger partial charge on any atom is -0.341 e. The normalized spacial score (nSPS) is 20.6. The van der Waals surface area contributed by atoms with Gasteiger partial charge in [0.15, 0.2) is 0 Å². The van der Waals surface area contributed by atoms with Crippen LogP contribution in [0.2, 0.25) is 0 Å². The van der Waals surface area contributed by atoms with Crippen LogP contribution in [0.15, 0.2) is 36.5 Å². The summed E-state index contributed by atoms with van der Waals surface area (Å²) in [6.07, 6.45) is 4.90. The number of benzene rings is 1. The van der Waals surface area contributed by atoms with Gasteiger partial charge in [-0.1, -0.05) is 25.1 Å². The maximum absolute atomic E-state index is 13.1. The van der Waals surface area contributed by atoms with E-state index in [4.69, 9.17) is 0 Å². The molecular formula is C20H24N4O. The molecule has 1 fully saturated rings. The second-order valence-corrected chi connectivity index (χ2v) is 7.27. The Morgan fingerprint density at radius 3 is 2.68 bits per heavy atom. The summed E-state index contributed by atoms with van der Waals surface area (Å²) in [7, 11) is 0. The van der Waals surface area contributed by atoms with Crippen molar-refractivity contribution in [3.63, 3.8) is 0 Å². The van der Waals surface area contributed by atoms with Crippen LogP contribution in [0.25, 0.3) is 0 Å². The molecule has 0 N–H and O–H groups in total. The van der Waals surface area contributed by atoms with Crippen LogP contribution in [0.3, 0.4) is 0 Å². The fraction of sp³-hybridized carbons (Fsp3) is 0.450. The SMILES string of the molecule is CC1CCN(c2nccc(C(=O)N3c4ccccc4CC3C)n2)CC1. The molecule has 3 heterocycles. The Morgan fingerprint density at radius 1 is 1.12 bits per heavy atom. The van der Waals surface area contributed by atoms with Gasteiger partial charge in [0.05, 0.1) is 0 Å². The molecule has 4 rings (SSSR count). The third kappa shape index (κ3) is 2.99. The summed E-state index contributed by atoms with van der Waals surface area (Å²) in [6, 6.07) is 10.0. The molecule has 1 aromatic carbocycles. The van der Waals surface area contributed by atoms with Crippen molar-refractivity contribution in [1.29, 1.82) is 0 Å². The average molecular weight is 336 g/mol. The molecule has 2 aliphatic rings. The minimum atomic E-state index is -0.0357. The zero-order chi connectivity index (χ0) is 17.4. The third-order valence-electron chi connectivity index (χ3n) is 5.35. The predicted molar refractivity (Wildman–Crippen MR) is 99.1 cm³/mol. The number of hydrogen-bond acceptors (Lipinski definition) is 4. The molecule has 2 aliphatic heterocycles. The van der Waals surface area contributed by atoms with Crippen LogP contribution in [0.5, 0.6) is 0 Å². The topological polar surface area (TPSA) is 49.3 Å². The molecule has 0 saturated carbocycles. The molecule has 25 heavy (non-hydrogen) atoms. The van der Waals surface area contributed by atoms with E-state index in [0.29, 0.717) is 11.6 Å². The van der Waals surface area contributed by atoms with E-state index in [1.54, 1.807) is 12.3 Å². The van der Waals surface area contributed by atoms with Crippen LogP contribution in [0.1, 0.15) is 42.7 Å². The van der Waals surface area contributed by atoms with Crippen molar-refractivity contribution in [3.8, 4) is 0 Å². The van der Waals surface area contributed by atoms with Crippen LogP contribution in [-0.4, -0.2) is 35.0 Å². The number of amides is 1. The van der Waals surface area contributed by atoms with E-state index in [2.05, 4.69) is 34.8 Å². The largest absolute Gasteiger partial charge is 0.341 e. The molecule has 1 aromatic heterocycles. The van der Waals surface area contributed by atoms with Crippen molar-refractivity contribution >= 4 is 17.5 Å². The fourth-order valence-electron chi connectivity index (χ4n) is 3.83. The van der Waals surface area contributed by atoms with Gasteiger partial charge in [0.1, 0.15) is 5.69 Å². The van der Waals surface area contributed by atoms with E-state index < -0.39 is 0 Å². The quantitative estimate of drug-likeness (QED) is 0.844. The first-order valence-electron chi connectivity index (χ1n) is 9.13. The van der Waals surface area contributed by atoms with Crippen molar-refractivity contribution in [2.24, 2.45) is 5.92 Å². The van der Waals surface area contributed by atoms with Crippen molar-refractivity contribution in [2.75, 3.05) is 22.9 Å². The molecule has 5 nitrogen and oxygen atoms in total. The van der Waals surface area contributed by atoms with Gasteiger partial charge < -0.3 is 9.80 Å². The first-order chi connectivity index (χ1) is 12.1. The molecule has 0 bridgehead atoms. The summed E-state index contributed by atoms with van der Waals surface area (Å²) in [5.74, 6) is 1.40. The molecule has 1 unspecified atom stereocenters. The first kappa shape index (κ1) is 16.1. The van der Waals surface area contributed by atoms with Gasteiger partial charge in [0.25, 0.3) is 5.91 Å². The number of rotatable bonds is 2. The highest BCUT2D eigenvalue weighted by molar-refractivity contribution is 6.06. The van der Waals surface area contributed by atoms with E-state index >= 15 is 0 Å². The average Bonchev–Trinajstić information content (AvgIpc) is 2.97. The monoisotopic (exact) mass is 336 g/mol. The van der Waals surface area contributed by atoms with Gasteiger partial charge in [-0.2, -0.15) is 0 Å². The molecule has 5 heteroatoms. The van der Waals surface area contributed by atoms with E-state index in [-0.39, 0.29) is 11.9 Å². The zero-order valence-corrected chi connectivity index (χ0v) is 14.9. The molecule has 0 aliphatic carbocycles. The summed E-state index contributed by atoms with van der Waals surface area (Å²) >= 11 is 0. The standard InChI is InChI=1S/C20H24N4O/c1-14-8-11-23(12-9-14)20-21-10-7-17(22-20)19(25)24-15(2)13-16-5-3-4-6-18(16)24/h3-7,10,14-15H,8-9,11-13H2,1-2H3. The number of anilines is 2. The highest BCUT2D eigenvalue weighted by atomic mass is 16.2. The second kappa shape index (κ2) is 6.47. The van der Waals surface area contributed by atoms with Crippen molar-refractivity contribution in [1.82, 2.24) is 9.97 Å². The van der Waals surface area contributed by atoms with E-state index in [9.17, 15) is 4.79 Å². The molecule has 1 amide bonds. The number of carbonyl (C=O) groups excluding carboxylic acids is 1. The molecule has 2 aromatic rings. The van der Waals surface area contributed by atoms with Gasteiger partial charge in [0, 0.05) is 31.0 Å². The van der Waals surface area contributed by atoms with Gasteiger partial charge in [-0.15, -0.1) is 0 Å². The summed E-state index contributed by atoms with van der Waals surface area (Å²) in [5, 5.41) is 0. The number of fused-ring (bicyclic) bond motifs is 1. The number of aromatic nitrogens is 2. The summed E-state index contributed by atoms with van der Waals surface area (Å²) in [4.78, 5) is 26.2. The zero-order valence-electron chi connectivity index (χ0n) is 14.9. The van der Waals surface area contributed by atoms with Gasteiger partial charge >= 0.3 is 0 Å². The number of para-hydroxylation sites is 1. The third-order valence-corrected chi connectivity index (χ3v) is 5.35. The number of nitrogens with zero attached hydrogens (tertiary/aromatic N) is 4. The summed E-state index contributed by atoms with van der Waals surface area (Å²) in [5.41, 5.74) is 2.71.